The molecule has 2 heterocycles. The van der Waals surface area contributed by atoms with Crippen LogP contribution in [0, 0.1) is 12.7 Å². The number of aromatic nitrogens is 2. The molecule has 3 aromatic rings. The normalized spacial score (nSPS) is 10.9. The van der Waals surface area contributed by atoms with Crippen molar-refractivity contribution in [3.8, 4) is 17.4 Å². The molecule has 0 atom stereocenters. The van der Waals surface area contributed by atoms with Crippen LogP contribution in [0.15, 0.2) is 65.6 Å². The zero-order valence-corrected chi connectivity index (χ0v) is 21.4. The lowest BCUT2D eigenvalue weighted by molar-refractivity contribution is 0.0950. The Morgan fingerprint density at radius 1 is 1.19 bits per heavy atom. The topological polar surface area (TPSA) is 97.7 Å². The molecule has 0 saturated heterocycles. The molecule has 36 heavy (non-hydrogen) atoms. The van der Waals surface area contributed by atoms with Gasteiger partial charge in [-0.05, 0) is 43.7 Å². The lowest BCUT2D eigenvalue weighted by Gasteiger charge is -2.14. The standard InChI is InChI=1S/C25H26FN5O3.C2H6/c1-5-18(15-27-3)31-23-12-19(9-10-28-23)34-22-8-6-7-20(16(22)2)24(32)29-13-17-11-21(26)25(33-4)30-14-17;1-2/h5-12,14-15H,13H2,1-4H3,(H,28,31)(H,29,32);1-2H3/b18-5+,27-15?;. The Hall–Kier alpha value is -4.27. The average molecular weight is 494 g/mol. The number of rotatable bonds is 9. The van der Waals surface area contributed by atoms with E-state index in [1.807, 2.05) is 26.8 Å². The molecule has 0 aliphatic carbocycles. The first-order valence-electron chi connectivity index (χ1n) is 11.5. The molecule has 8 nitrogen and oxygen atoms in total. The minimum atomic E-state index is -0.587. The summed E-state index contributed by atoms with van der Waals surface area (Å²) in [5.74, 6) is 0.691. The van der Waals surface area contributed by atoms with E-state index in [0.29, 0.717) is 34.0 Å². The minimum absolute atomic E-state index is 0.0920. The van der Waals surface area contributed by atoms with E-state index < -0.39 is 5.82 Å². The smallest absolute Gasteiger partial charge is 0.251 e. The van der Waals surface area contributed by atoms with E-state index in [-0.39, 0.29) is 18.3 Å². The highest BCUT2D eigenvalue weighted by Crippen LogP contribution is 2.28. The molecule has 0 aliphatic rings. The number of carbonyl (C=O) groups is 1. The fourth-order valence-electron chi connectivity index (χ4n) is 3.10. The third-order valence-electron chi connectivity index (χ3n) is 4.85. The van der Waals surface area contributed by atoms with Crippen molar-refractivity contribution >= 4 is 17.9 Å². The Balaban J connectivity index is 0.00000222. The van der Waals surface area contributed by atoms with E-state index >= 15 is 0 Å². The number of amides is 1. The number of carbonyl (C=O) groups excluding carboxylic acids is 1. The molecule has 2 aromatic heterocycles. The first-order valence-corrected chi connectivity index (χ1v) is 11.5. The maximum Gasteiger partial charge on any atom is 0.251 e. The molecule has 0 unspecified atom stereocenters. The fraction of sp³-hybridized carbons (Fsp3) is 0.259. The van der Waals surface area contributed by atoms with Crippen LogP contribution in [0.1, 0.15) is 42.3 Å². The lowest BCUT2D eigenvalue weighted by Crippen LogP contribution is -2.23. The second kappa shape index (κ2) is 14.2. The highest BCUT2D eigenvalue weighted by Gasteiger charge is 2.14. The number of anilines is 1. The molecule has 190 valence electrons. The zero-order valence-electron chi connectivity index (χ0n) is 21.4. The van der Waals surface area contributed by atoms with E-state index in [1.165, 1.54) is 19.4 Å². The monoisotopic (exact) mass is 493 g/mol. The van der Waals surface area contributed by atoms with Crippen molar-refractivity contribution in [3.63, 3.8) is 0 Å². The van der Waals surface area contributed by atoms with Gasteiger partial charge in [0.05, 0.1) is 12.8 Å². The minimum Gasteiger partial charge on any atom is -0.479 e. The van der Waals surface area contributed by atoms with Gasteiger partial charge in [-0.15, -0.1) is 0 Å². The largest absolute Gasteiger partial charge is 0.479 e. The van der Waals surface area contributed by atoms with Crippen LogP contribution in [-0.4, -0.2) is 36.2 Å². The van der Waals surface area contributed by atoms with Crippen LogP contribution in [0.5, 0.6) is 17.4 Å². The molecule has 0 radical (unpaired) electrons. The van der Waals surface area contributed by atoms with Gasteiger partial charge in [0.25, 0.3) is 5.91 Å². The van der Waals surface area contributed by atoms with E-state index in [4.69, 9.17) is 9.47 Å². The molecular formula is C27H32FN5O3. The Labute approximate surface area is 211 Å². The van der Waals surface area contributed by atoms with Crippen LogP contribution in [0.3, 0.4) is 0 Å². The van der Waals surface area contributed by atoms with Crippen molar-refractivity contribution in [2.75, 3.05) is 19.5 Å². The summed E-state index contributed by atoms with van der Waals surface area (Å²) in [5.41, 5.74) is 2.43. The number of ether oxygens (including phenoxy) is 2. The lowest BCUT2D eigenvalue weighted by atomic mass is 10.1. The summed E-state index contributed by atoms with van der Waals surface area (Å²) in [5, 5.41) is 5.94. The van der Waals surface area contributed by atoms with Gasteiger partial charge in [-0.3, -0.25) is 9.79 Å². The number of hydrogen-bond donors (Lipinski definition) is 2. The molecule has 2 N–H and O–H groups in total. The second-order valence-electron chi connectivity index (χ2n) is 7.18. The second-order valence-corrected chi connectivity index (χ2v) is 7.18. The number of methoxy groups -OCH3 is 1. The molecule has 9 heteroatoms. The quantitative estimate of drug-likeness (QED) is 0.371. The van der Waals surface area contributed by atoms with Gasteiger partial charge < -0.3 is 20.1 Å². The molecule has 1 aromatic carbocycles. The Bertz CT molecular complexity index is 1230. The molecule has 1 amide bonds. The summed E-state index contributed by atoms with van der Waals surface area (Å²) in [6, 6.07) is 9.98. The summed E-state index contributed by atoms with van der Waals surface area (Å²) in [4.78, 5) is 24.9. The van der Waals surface area contributed by atoms with Crippen LogP contribution in [0.4, 0.5) is 10.2 Å². The van der Waals surface area contributed by atoms with E-state index in [1.54, 1.807) is 56.7 Å². The summed E-state index contributed by atoms with van der Waals surface area (Å²) in [6.45, 7) is 7.81. The molecule has 0 spiro atoms. The van der Waals surface area contributed by atoms with Crippen LogP contribution < -0.4 is 20.1 Å². The van der Waals surface area contributed by atoms with Gasteiger partial charge in [-0.1, -0.05) is 26.0 Å². The zero-order chi connectivity index (χ0) is 26.5. The SMILES string of the molecule is C/C=C(\C=NC)Nc1cc(Oc2cccc(C(=O)NCc3cnc(OC)c(F)c3)c2C)ccn1.CC. The van der Waals surface area contributed by atoms with Crippen molar-refractivity contribution < 1.29 is 18.7 Å². The fourth-order valence-corrected chi connectivity index (χ4v) is 3.10. The highest BCUT2D eigenvalue weighted by atomic mass is 19.1. The maximum atomic E-state index is 13.8. The average Bonchev–Trinajstić information content (AvgIpc) is 2.89. The number of aliphatic imine (C=N–C) groups is 1. The van der Waals surface area contributed by atoms with Crippen molar-refractivity contribution in [1.29, 1.82) is 0 Å². The molecule has 0 aliphatic heterocycles. The predicted octanol–water partition coefficient (Wildman–Crippen LogP) is 5.70. The van der Waals surface area contributed by atoms with Gasteiger partial charge in [-0.2, -0.15) is 0 Å². The van der Waals surface area contributed by atoms with Gasteiger partial charge >= 0.3 is 0 Å². The van der Waals surface area contributed by atoms with Crippen molar-refractivity contribution in [2.24, 2.45) is 4.99 Å². The van der Waals surface area contributed by atoms with Crippen LogP contribution in [-0.2, 0) is 6.54 Å². The first kappa shape index (κ1) is 28.0. The highest BCUT2D eigenvalue weighted by molar-refractivity contribution is 5.96. The van der Waals surface area contributed by atoms with Gasteiger partial charge in [0.1, 0.15) is 17.3 Å². The van der Waals surface area contributed by atoms with E-state index in [9.17, 15) is 9.18 Å². The van der Waals surface area contributed by atoms with Gasteiger partial charge in [0, 0.05) is 49.4 Å². The van der Waals surface area contributed by atoms with Crippen molar-refractivity contribution in [2.45, 2.75) is 34.2 Å². The van der Waals surface area contributed by atoms with Crippen LogP contribution in [0.25, 0.3) is 0 Å². The molecule has 0 saturated carbocycles. The molecule has 3 rings (SSSR count). The summed E-state index contributed by atoms with van der Waals surface area (Å²) in [6.07, 6.45) is 6.65. The third-order valence-corrected chi connectivity index (χ3v) is 4.85. The number of nitrogens with zero attached hydrogens (tertiary/aromatic N) is 3. The number of benzene rings is 1. The summed E-state index contributed by atoms with van der Waals surface area (Å²) < 4.78 is 24.7. The Morgan fingerprint density at radius 2 is 1.97 bits per heavy atom. The third kappa shape index (κ3) is 7.63. The van der Waals surface area contributed by atoms with Crippen molar-refractivity contribution in [3.05, 3.63) is 83.1 Å². The van der Waals surface area contributed by atoms with Gasteiger partial charge in [0.2, 0.25) is 5.88 Å². The van der Waals surface area contributed by atoms with Crippen LogP contribution >= 0.6 is 0 Å². The van der Waals surface area contributed by atoms with E-state index in [2.05, 4.69) is 25.6 Å². The molecule has 0 fully saturated rings. The summed E-state index contributed by atoms with van der Waals surface area (Å²) >= 11 is 0. The number of allylic oxidation sites excluding steroid dienone is 2. The Kier molecular flexibility index (Phi) is 11.0. The first-order chi connectivity index (χ1) is 17.4. The van der Waals surface area contributed by atoms with Gasteiger partial charge in [-0.25, -0.2) is 14.4 Å². The number of nitrogens with one attached hydrogen (secondary N) is 2. The number of pyridine rings is 2. The maximum absolute atomic E-state index is 13.8. The number of halogens is 1. The molecular weight excluding hydrogens is 461 g/mol. The van der Waals surface area contributed by atoms with Crippen LogP contribution in [0.2, 0.25) is 0 Å². The van der Waals surface area contributed by atoms with Crippen molar-refractivity contribution in [1.82, 2.24) is 15.3 Å². The summed E-state index contributed by atoms with van der Waals surface area (Å²) in [7, 11) is 3.03. The number of hydrogen-bond acceptors (Lipinski definition) is 7. The van der Waals surface area contributed by atoms with E-state index in [0.717, 1.165) is 5.70 Å². The van der Waals surface area contributed by atoms with Gasteiger partial charge in [0.15, 0.2) is 5.82 Å². The predicted molar refractivity (Wildman–Crippen MR) is 141 cm³/mol. The molecule has 0 bridgehead atoms. The Morgan fingerprint density at radius 3 is 2.64 bits per heavy atom.